The number of nitrogens with zero attached hydrogens (tertiary/aromatic N) is 1. The summed E-state index contributed by atoms with van der Waals surface area (Å²) in [7, 11) is 0. The lowest BCUT2D eigenvalue weighted by Gasteiger charge is -2.31. The van der Waals surface area contributed by atoms with Crippen molar-refractivity contribution in [1.29, 1.82) is 0 Å². The maximum Gasteiger partial charge on any atom is 0.0328 e. The zero-order valence-electron chi connectivity index (χ0n) is 10.8. The van der Waals surface area contributed by atoms with Gasteiger partial charge in [-0.05, 0) is 44.0 Å². The molecule has 1 aliphatic rings. The van der Waals surface area contributed by atoms with Crippen molar-refractivity contribution < 1.29 is 0 Å². The van der Waals surface area contributed by atoms with E-state index in [9.17, 15) is 0 Å². The molecule has 1 aromatic rings. The van der Waals surface area contributed by atoms with E-state index >= 15 is 0 Å². The summed E-state index contributed by atoms with van der Waals surface area (Å²) in [5.74, 6) is 0.985. The SMILES string of the molecule is CCCC1CCN(Cc2ccc(CN)s2)CC1. The maximum atomic E-state index is 5.64. The molecule has 0 atom stereocenters. The minimum absolute atomic E-state index is 0.684. The largest absolute Gasteiger partial charge is 0.326 e. The molecule has 1 fully saturated rings. The van der Waals surface area contributed by atoms with E-state index in [1.54, 1.807) is 0 Å². The van der Waals surface area contributed by atoms with Gasteiger partial charge in [-0.15, -0.1) is 11.3 Å². The van der Waals surface area contributed by atoms with Gasteiger partial charge in [0.2, 0.25) is 0 Å². The molecule has 2 N–H and O–H groups in total. The van der Waals surface area contributed by atoms with E-state index < -0.39 is 0 Å². The van der Waals surface area contributed by atoms with Crippen LogP contribution in [0.25, 0.3) is 0 Å². The van der Waals surface area contributed by atoms with Crippen LogP contribution in [0, 0.1) is 5.92 Å². The number of rotatable bonds is 5. The third-order valence-electron chi connectivity index (χ3n) is 3.70. The molecule has 0 aromatic carbocycles. The molecule has 0 saturated carbocycles. The molecule has 1 saturated heterocycles. The summed E-state index contributed by atoms with van der Waals surface area (Å²) >= 11 is 1.87. The quantitative estimate of drug-likeness (QED) is 0.872. The minimum Gasteiger partial charge on any atom is -0.326 e. The van der Waals surface area contributed by atoms with Gasteiger partial charge in [-0.1, -0.05) is 19.8 Å². The highest BCUT2D eigenvalue weighted by Crippen LogP contribution is 2.24. The topological polar surface area (TPSA) is 29.3 Å². The van der Waals surface area contributed by atoms with Gasteiger partial charge in [-0.2, -0.15) is 0 Å². The zero-order valence-corrected chi connectivity index (χ0v) is 11.6. The summed E-state index contributed by atoms with van der Waals surface area (Å²) in [4.78, 5) is 5.37. The lowest BCUT2D eigenvalue weighted by atomic mass is 9.92. The summed E-state index contributed by atoms with van der Waals surface area (Å²) < 4.78 is 0. The van der Waals surface area contributed by atoms with Crippen molar-refractivity contribution in [3.8, 4) is 0 Å². The molecule has 0 amide bonds. The van der Waals surface area contributed by atoms with Gasteiger partial charge in [-0.25, -0.2) is 0 Å². The molecule has 0 aliphatic carbocycles. The van der Waals surface area contributed by atoms with Crippen LogP contribution in [0.15, 0.2) is 12.1 Å². The third kappa shape index (κ3) is 3.80. The van der Waals surface area contributed by atoms with Crippen molar-refractivity contribution in [3.63, 3.8) is 0 Å². The fourth-order valence-electron chi connectivity index (χ4n) is 2.68. The number of piperidine rings is 1. The van der Waals surface area contributed by atoms with Crippen LogP contribution in [0.3, 0.4) is 0 Å². The van der Waals surface area contributed by atoms with Crippen molar-refractivity contribution in [2.75, 3.05) is 13.1 Å². The smallest absolute Gasteiger partial charge is 0.0328 e. The van der Waals surface area contributed by atoms with Crippen molar-refractivity contribution in [2.45, 2.75) is 45.7 Å². The first-order valence-corrected chi connectivity index (χ1v) is 7.63. The predicted molar refractivity (Wildman–Crippen MR) is 75.1 cm³/mol. The molecule has 17 heavy (non-hydrogen) atoms. The number of hydrogen-bond acceptors (Lipinski definition) is 3. The normalized spacial score (nSPS) is 18.7. The first kappa shape index (κ1) is 13.1. The van der Waals surface area contributed by atoms with Gasteiger partial charge in [0.15, 0.2) is 0 Å². The van der Waals surface area contributed by atoms with Crippen LogP contribution in [0.5, 0.6) is 0 Å². The average molecular weight is 252 g/mol. The van der Waals surface area contributed by atoms with E-state index in [0.717, 1.165) is 12.5 Å². The zero-order chi connectivity index (χ0) is 12.1. The average Bonchev–Trinajstić information content (AvgIpc) is 2.80. The van der Waals surface area contributed by atoms with E-state index in [1.165, 1.54) is 48.5 Å². The number of hydrogen-bond donors (Lipinski definition) is 1. The van der Waals surface area contributed by atoms with Crippen LogP contribution in [0.1, 0.15) is 42.4 Å². The molecule has 2 heterocycles. The number of nitrogens with two attached hydrogens (primary N) is 1. The Morgan fingerprint density at radius 3 is 2.59 bits per heavy atom. The lowest BCUT2D eigenvalue weighted by molar-refractivity contribution is 0.173. The first-order valence-electron chi connectivity index (χ1n) is 6.81. The highest BCUT2D eigenvalue weighted by Gasteiger charge is 2.18. The fraction of sp³-hybridized carbons (Fsp3) is 0.714. The Labute approximate surface area is 109 Å². The van der Waals surface area contributed by atoms with Crippen molar-refractivity contribution in [2.24, 2.45) is 11.7 Å². The second-order valence-corrected chi connectivity index (χ2v) is 6.33. The number of thiophene rings is 1. The Bertz CT molecular complexity index is 327. The van der Waals surface area contributed by atoms with E-state index in [4.69, 9.17) is 5.73 Å². The second-order valence-electron chi connectivity index (χ2n) is 5.08. The summed E-state index contributed by atoms with van der Waals surface area (Å²) in [6, 6.07) is 4.41. The Hall–Kier alpha value is -0.380. The maximum absolute atomic E-state index is 5.64. The van der Waals surface area contributed by atoms with Crippen molar-refractivity contribution in [3.05, 3.63) is 21.9 Å². The monoisotopic (exact) mass is 252 g/mol. The molecule has 1 aromatic heterocycles. The van der Waals surface area contributed by atoms with Crippen molar-refractivity contribution >= 4 is 11.3 Å². The standard InChI is InChI=1S/C14H24N2S/c1-2-3-12-6-8-16(9-7-12)11-14-5-4-13(10-15)17-14/h4-5,12H,2-3,6-11,15H2,1H3. The summed E-state index contributed by atoms with van der Waals surface area (Å²) in [5.41, 5.74) is 5.64. The van der Waals surface area contributed by atoms with Crippen LogP contribution < -0.4 is 5.73 Å². The Balaban J connectivity index is 1.77. The first-order chi connectivity index (χ1) is 8.31. The minimum atomic E-state index is 0.684. The summed E-state index contributed by atoms with van der Waals surface area (Å²) in [6.45, 7) is 6.67. The van der Waals surface area contributed by atoms with E-state index in [1.807, 2.05) is 11.3 Å². The van der Waals surface area contributed by atoms with Crippen LogP contribution in [-0.2, 0) is 13.1 Å². The van der Waals surface area contributed by atoms with Crippen LogP contribution in [-0.4, -0.2) is 18.0 Å². The van der Waals surface area contributed by atoms with Gasteiger partial charge >= 0.3 is 0 Å². The molecule has 0 unspecified atom stereocenters. The van der Waals surface area contributed by atoms with Crippen molar-refractivity contribution in [1.82, 2.24) is 4.90 Å². The van der Waals surface area contributed by atoms with Gasteiger partial charge in [-0.3, -0.25) is 4.90 Å². The molecule has 3 heteroatoms. The van der Waals surface area contributed by atoms with Crippen LogP contribution in [0.4, 0.5) is 0 Å². The Morgan fingerprint density at radius 1 is 1.29 bits per heavy atom. The Kier molecular flexibility index (Phi) is 5.01. The van der Waals surface area contributed by atoms with Gasteiger partial charge in [0.05, 0.1) is 0 Å². The van der Waals surface area contributed by atoms with Gasteiger partial charge in [0, 0.05) is 22.8 Å². The van der Waals surface area contributed by atoms with Gasteiger partial charge < -0.3 is 5.73 Å². The summed E-state index contributed by atoms with van der Waals surface area (Å²) in [5, 5.41) is 0. The molecule has 96 valence electrons. The van der Waals surface area contributed by atoms with E-state index in [2.05, 4.69) is 24.0 Å². The molecular formula is C14H24N2S. The fourth-order valence-corrected chi connectivity index (χ4v) is 3.62. The third-order valence-corrected chi connectivity index (χ3v) is 4.79. The molecule has 0 radical (unpaired) electrons. The van der Waals surface area contributed by atoms with Crippen LogP contribution >= 0.6 is 11.3 Å². The molecule has 1 aliphatic heterocycles. The highest BCUT2D eigenvalue weighted by atomic mass is 32.1. The molecular weight excluding hydrogens is 228 g/mol. The van der Waals surface area contributed by atoms with Gasteiger partial charge in [0.25, 0.3) is 0 Å². The molecule has 2 nitrogen and oxygen atoms in total. The highest BCUT2D eigenvalue weighted by molar-refractivity contribution is 7.11. The van der Waals surface area contributed by atoms with E-state index in [-0.39, 0.29) is 0 Å². The van der Waals surface area contributed by atoms with Crippen LogP contribution in [0.2, 0.25) is 0 Å². The number of likely N-dealkylation sites (tertiary alicyclic amines) is 1. The molecule has 0 spiro atoms. The summed E-state index contributed by atoms with van der Waals surface area (Å²) in [6.07, 6.45) is 5.55. The van der Waals surface area contributed by atoms with E-state index in [0.29, 0.717) is 6.54 Å². The Morgan fingerprint density at radius 2 is 2.00 bits per heavy atom. The predicted octanol–water partition coefficient (Wildman–Crippen LogP) is 3.22. The lowest BCUT2D eigenvalue weighted by Crippen LogP contribution is -2.32. The second kappa shape index (κ2) is 6.53. The molecule has 2 rings (SSSR count). The van der Waals surface area contributed by atoms with Gasteiger partial charge in [0.1, 0.15) is 0 Å². The molecule has 0 bridgehead atoms.